The van der Waals surface area contributed by atoms with Gasteiger partial charge in [-0.05, 0) is 22.4 Å². The first-order valence-electron chi connectivity index (χ1n) is 5.54. The third-order valence-electron chi connectivity index (χ3n) is 2.63. The van der Waals surface area contributed by atoms with Gasteiger partial charge in [0, 0.05) is 12.6 Å². The van der Waals surface area contributed by atoms with Gasteiger partial charge in [0.1, 0.15) is 17.3 Å². The van der Waals surface area contributed by atoms with E-state index < -0.39 is 6.10 Å². The summed E-state index contributed by atoms with van der Waals surface area (Å²) in [5.41, 5.74) is 0.882. The second-order valence-corrected chi connectivity index (χ2v) is 5.06. The molecule has 3 heterocycles. The van der Waals surface area contributed by atoms with Gasteiger partial charge < -0.3 is 10.4 Å². The number of thiophene rings is 1. The van der Waals surface area contributed by atoms with Gasteiger partial charge in [-0.3, -0.25) is 0 Å². The normalized spacial score (nSPS) is 12.7. The Kier molecular flexibility index (Phi) is 3.33. The number of rotatable bonds is 4. The zero-order valence-electron chi connectivity index (χ0n) is 9.69. The van der Waals surface area contributed by atoms with Crippen LogP contribution in [0, 0.1) is 0 Å². The largest absolute Gasteiger partial charge is 0.387 e. The summed E-state index contributed by atoms with van der Waals surface area (Å²) in [6.07, 6.45) is 0.816. The fourth-order valence-electron chi connectivity index (χ4n) is 1.69. The first-order valence-corrected chi connectivity index (χ1v) is 6.86. The minimum atomic E-state index is -0.586. The van der Waals surface area contributed by atoms with Crippen molar-refractivity contribution in [2.24, 2.45) is 0 Å². The van der Waals surface area contributed by atoms with Gasteiger partial charge in [0.05, 0.1) is 6.10 Å². The molecule has 3 aromatic heterocycles. The first-order chi connectivity index (χ1) is 9.24. The number of aromatic nitrogens is 4. The number of aliphatic hydroxyl groups is 1. The number of anilines is 1. The molecule has 0 aliphatic heterocycles. The van der Waals surface area contributed by atoms with Crippen molar-refractivity contribution in [3.05, 3.63) is 39.9 Å². The zero-order chi connectivity index (χ0) is 13.2. The fourth-order valence-corrected chi connectivity index (χ4v) is 2.58. The summed E-state index contributed by atoms with van der Waals surface area (Å²) in [6.45, 7) is 0.353. The number of nitrogens with one attached hydrogen (secondary N) is 1. The van der Waals surface area contributed by atoms with Crippen molar-refractivity contribution < 1.29 is 5.11 Å². The molecule has 1 unspecified atom stereocenters. The summed E-state index contributed by atoms with van der Waals surface area (Å²) < 4.78 is 1.53. The molecule has 0 amide bonds. The number of halogens is 1. The Morgan fingerprint density at radius 2 is 2.42 bits per heavy atom. The molecule has 1 atom stereocenters. The van der Waals surface area contributed by atoms with Crippen molar-refractivity contribution in [1.82, 2.24) is 19.6 Å². The van der Waals surface area contributed by atoms with Crippen LogP contribution in [0.15, 0.2) is 29.2 Å². The highest BCUT2D eigenvalue weighted by atomic mass is 35.5. The van der Waals surface area contributed by atoms with Gasteiger partial charge in [-0.2, -0.15) is 30.9 Å². The lowest BCUT2D eigenvalue weighted by Crippen LogP contribution is -2.14. The average Bonchev–Trinajstić information content (AvgIpc) is 3.05. The van der Waals surface area contributed by atoms with Gasteiger partial charge in [0.15, 0.2) is 0 Å². The molecule has 0 fully saturated rings. The molecule has 0 aliphatic carbocycles. The number of aliphatic hydroxyl groups excluding tert-OH is 1. The van der Waals surface area contributed by atoms with Crippen LogP contribution in [0.25, 0.3) is 5.78 Å². The lowest BCUT2D eigenvalue weighted by molar-refractivity contribution is 0.192. The molecule has 3 aromatic rings. The highest BCUT2D eigenvalue weighted by molar-refractivity contribution is 7.07. The maximum absolute atomic E-state index is 10.0. The Bertz CT molecular complexity index is 684. The number of hydrogen-bond acceptors (Lipinski definition) is 6. The van der Waals surface area contributed by atoms with E-state index in [9.17, 15) is 5.11 Å². The van der Waals surface area contributed by atoms with E-state index in [1.807, 2.05) is 16.8 Å². The van der Waals surface area contributed by atoms with Gasteiger partial charge >= 0.3 is 0 Å². The van der Waals surface area contributed by atoms with Crippen LogP contribution in [0.5, 0.6) is 0 Å². The topological polar surface area (TPSA) is 75.3 Å². The van der Waals surface area contributed by atoms with Crippen molar-refractivity contribution in [2.75, 3.05) is 11.9 Å². The molecule has 0 saturated heterocycles. The molecule has 3 rings (SSSR count). The van der Waals surface area contributed by atoms with Crippen LogP contribution < -0.4 is 5.32 Å². The predicted molar refractivity (Wildman–Crippen MR) is 73.6 cm³/mol. The molecule has 0 bridgehead atoms. The van der Waals surface area contributed by atoms with E-state index in [-0.39, 0.29) is 0 Å². The molecular formula is C11H10ClN5OS. The van der Waals surface area contributed by atoms with Crippen LogP contribution in [0.2, 0.25) is 5.15 Å². The highest BCUT2D eigenvalue weighted by Crippen LogP contribution is 2.18. The quantitative estimate of drug-likeness (QED) is 0.720. The minimum absolute atomic E-state index is 0.327. The highest BCUT2D eigenvalue weighted by Gasteiger charge is 2.10. The van der Waals surface area contributed by atoms with Crippen LogP contribution in [0.3, 0.4) is 0 Å². The standard InChI is InChI=1S/C11H10ClN5OS/c12-9-3-10(17-11(16-9)14-6-15-17)13-4-8(18)7-1-2-19-5-7/h1-3,5-6,8,13,18H,4H2. The van der Waals surface area contributed by atoms with Gasteiger partial charge in [-0.25, -0.2) is 0 Å². The van der Waals surface area contributed by atoms with E-state index in [1.54, 1.807) is 17.4 Å². The summed E-state index contributed by atoms with van der Waals surface area (Å²) >= 11 is 7.45. The summed E-state index contributed by atoms with van der Waals surface area (Å²) in [5.74, 6) is 1.06. The van der Waals surface area contributed by atoms with Crippen molar-refractivity contribution in [3.8, 4) is 0 Å². The Balaban J connectivity index is 1.80. The summed E-state index contributed by atoms with van der Waals surface area (Å²) in [4.78, 5) is 8.00. The minimum Gasteiger partial charge on any atom is -0.387 e. The Morgan fingerprint density at radius 1 is 1.53 bits per heavy atom. The molecule has 2 N–H and O–H groups in total. The van der Waals surface area contributed by atoms with Gasteiger partial charge in [0.2, 0.25) is 0 Å². The molecular weight excluding hydrogens is 286 g/mol. The summed E-state index contributed by atoms with van der Waals surface area (Å²) in [6, 6.07) is 3.53. The second-order valence-electron chi connectivity index (χ2n) is 3.89. The van der Waals surface area contributed by atoms with E-state index in [4.69, 9.17) is 11.6 Å². The summed E-state index contributed by atoms with van der Waals surface area (Å²) in [5, 5.41) is 21.3. The average molecular weight is 296 g/mol. The molecule has 8 heteroatoms. The van der Waals surface area contributed by atoms with E-state index in [2.05, 4.69) is 20.4 Å². The van der Waals surface area contributed by atoms with E-state index >= 15 is 0 Å². The van der Waals surface area contributed by atoms with Crippen LogP contribution in [0.1, 0.15) is 11.7 Å². The molecule has 98 valence electrons. The molecule has 0 aliphatic rings. The van der Waals surface area contributed by atoms with E-state index in [1.165, 1.54) is 10.8 Å². The van der Waals surface area contributed by atoms with Crippen molar-refractivity contribution in [1.29, 1.82) is 0 Å². The van der Waals surface area contributed by atoms with Crippen LogP contribution in [-0.4, -0.2) is 31.2 Å². The Hall–Kier alpha value is -1.70. The van der Waals surface area contributed by atoms with Crippen molar-refractivity contribution in [3.63, 3.8) is 0 Å². The smallest absolute Gasteiger partial charge is 0.255 e. The van der Waals surface area contributed by atoms with Gasteiger partial charge in [-0.1, -0.05) is 11.6 Å². The molecule has 6 nitrogen and oxygen atoms in total. The number of nitrogens with zero attached hydrogens (tertiary/aromatic N) is 4. The SMILES string of the molecule is OC(CNc1cc(Cl)nc2ncnn12)c1ccsc1. The van der Waals surface area contributed by atoms with Crippen LogP contribution >= 0.6 is 22.9 Å². The van der Waals surface area contributed by atoms with Gasteiger partial charge in [-0.15, -0.1) is 0 Å². The molecule has 0 radical (unpaired) electrons. The zero-order valence-corrected chi connectivity index (χ0v) is 11.3. The molecule has 19 heavy (non-hydrogen) atoms. The first kappa shape index (κ1) is 12.3. The fraction of sp³-hybridized carbons (Fsp3) is 0.182. The monoisotopic (exact) mass is 295 g/mol. The molecule has 0 spiro atoms. The Morgan fingerprint density at radius 3 is 3.21 bits per heavy atom. The molecule has 0 saturated carbocycles. The Labute approximate surface area is 117 Å². The number of hydrogen-bond donors (Lipinski definition) is 2. The molecule has 0 aromatic carbocycles. The maximum Gasteiger partial charge on any atom is 0.255 e. The van der Waals surface area contributed by atoms with Crippen molar-refractivity contribution in [2.45, 2.75) is 6.10 Å². The summed E-state index contributed by atoms with van der Waals surface area (Å²) in [7, 11) is 0. The van der Waals surface area contributed by atoms with Crippen LogP contribution in [-0.2, 0) is 0 Å². The van der Waals surface area contributed by atoms with Crippen LogP contribution in [0.4, 0.5) is 5.82 Å². The van der Waals surface area contributed by atoms with Crippen molar-refractivity contribution >= 4 is 34.5 Å². The third-order valence-corrected chi connectivity index (χ3v) is 3.52. The predicted octanol–water partition coefficient (Wildman–Crippen LogP) is 1.98. The second kappa shape index (κ2) is 5.12. The van der Waals surface area contributed by atoms with Gasteiger partial charge in [0.25, 0.3) is 5.78 Å². The lowest BCUT2D eigenvalue weighted by Gasteiger charge is -2.12. The lowest BCUT2D eigenvalue weighted by atomic mass is 10.2. The number of fused-ring (bicyclic) bond motifs is 1. The third kappa shape index (κ3) is 2.53. The van der Waals surface area contributed by atoms with E-state index in [0.29, 0.717) is 23.3 Å². The maximum atomic E-state index is 10.0. The van der Waals surface area contributed by atoms with E-state index in [0.717, 1.165) is 5.56 Å².